The lowest BCUT2D eigenvalue weighted by molar-refractivity contribution is 0.0938. The quantitative estimate of drug-likeness (QED) is 0.838. The fraction of sp³-hybridized carbons (Fsp3) is 0.933. The van der Waals surface area contributed by atoms with Gasteiger partial charge in [-0.05, 0) is 43.4 Å². The van der Waals surface area contributed by atoms with E-state index in [1.54, 1.807) is 0 Å². The van der Waals surface area contributed by atoms with E-state index in [1.807, 2.05) is 0 Å². The van der Waals surface area contributed by atoms with Gasteiger partial charge in [0, 0.05) is 6.54 Å². The molecule has 1 heterocycles. The van der Waals surface area contributed by atoms with Crippen molar-refractivity contribution < 1.29 is 0 Å². The predicted octanol–water partition coefficient (Wildman–Crippen LogP) is 2.86. The van der Waals surface area contributed by atoms with Gasteiger partial charge < -0.3 is 10.6 Å². The summed E-state index contributed by atoms with van der Waals surface area (Å²) in [5.74, 6) is 3.15. The van der Waals surface area contributed by atoms with Crippen LogP contribution in [0.4, 0.5) is 0 Å². The standard InChI is InChI=1S/C15H29N3/c1-11(2)9-18-14(16)17-10-15(18)7-5-13(6-8-15)12(3)4/h11-13H,5-10H2,1-4H3,(H2,16,17). The second-order valence-corrected chi connectivity index (χ2v) is 6.98. The molecule has 0 aromatic carbocycles. The minimum Gasteiger partial charge on any atom is -0.370 e. The van der Waals surface area contributed by atoms with Crippen LogP contribution in [-0.4, -0.2) is 29.5 Å². The lowest BCUT2D eigenvalue weighted by Crippen LogP contribution is -2.54. The fourth-order valence-electron chi connectivity index (χ4n) is 3.57. The molecule has 0 bridgehead atoms. The Kier molecular flexibility index (Phi) is 3.88. The number of guanidine groups is 1. The van der Waals surface area contributed by atoms with E-state index in [0.29, 0.717) is 5.92 Å². The van der Waals surface area contributed by atoms with Crippen LogP contribution in [0.3, 0.4) is 0 Å². The molecule has 0 aromatic heterocycles. The average Bonchev–Trinajstić information content (AvgIpc) is 2.59. The highest BCUT2D eigenvalue weighted by Gasteiger charge is 2.44. The van der Waals surface area contributed by atoms with Crippen molar-refractivity contribution in [2.45, 2.75) is 58.9 Å². The van der Waals surface area contributed by atoms with Crippen LogP contribution >= 0.6 is 0 Å². The normalized spacial score (nSPS) is 32.7. The third-order valence-corrected chi connectivity index (χ3v) is 4.84. The summed E-state index contributed by atoms with van der Waals surface area (Å²) in [6.45, 7) is 11.2. The minimum absolute atomic E-state index is 0.264. The number of hydrogen-bond acceptors (Lipinski definition) is 3. The second kappa shape index (κ2) is 5.10. The summed E-state index contributed by atoms with van der Waals surface area (Å²) in [5.41, 5.74) is 6.37. The van der Waals surface area contributed by atoms with Crippen LogP contribution in [-0.2, 0) is 0 Å². The molecule has 0 atom stereocenters. The Bertz CT molecular complexity index is 312. The monoisotopic (exact) mass is 251 g/mol. The SMILES string of the molecule is CC(C)CN1C(N)=NCC12CCC(C(C)C)CC2. The molecule has 0 saturated heterocycles. The molecular formula is C15H29N3. The first-order chi connectivity index (χ1) is 8.44. The molecule has 1 aliphatic carbocycles. The van der Waals surface area contributed by atoms with Gasteiger partial charge in [0.25, 0.3) is 0 Å². The fourth-order valence-corrected chi connectivity index (χ4v) is 3.57. The number of rotatable bonds is 3. The Morgan fingerprint density at radius 1 is 1.28 bits per heavy atom. The van der Waals surface area contributed by atoms with E-state index in [-0.39, 0.29) is 5.54 Å². The number of nitrogens with zero attached hydrogens (tertiary/aromatic N) is 2. The second-order valence-electron chi connectivity index (χ2n) is 6.98. The molecular weight excluding hydrogens is 222 g/mol. The lowest BCUT2D eigenvalue weighted by atomic mass is 9.72. The van der Waals surface area contributed by atoms with Crippen LogP contribution in [0.2, 0.25) is 0 Å². The highest BCUT2D eigenvalue weighted by Crippen LogP contribution is 2.41. The summed E-state index contributed by atoms with van der Waals surface area (Å²) in [5, 5.41) is 0. The molecule has 1 fully saturated rings. The third kappa shape index (κ3) is 2.50. The zero-order valence-corrected chi connectivity index (χ0v) is 12.4. The zero-order chi connectivity index (χ0) is 13.3. The third-order valence-electron chi connectivity index (χ3n) is 4.84. The van der Waals surface area contributed by atoms with E-state index in [2.05, 4.69) is 37.6 Å². The van der Waals surface area contributed by atoms with Crippen LogP contribution in [0.25, 0.3) is 0 Å². The Labute approximate surface area is 112 Å². The Balaban J connectivity index is 2.04. The largest absolute Gasteiger partial charge is 0.370 e. The molecule has 0 unspecified atom stereocenters. The van der Waals surface area contributed by atoms with Crippen molar-refractivity contribution in [1.82, 2.24) is 4.90 Å². The average molecular weight is 251 g/mol. The van der Waals surface area contributed by atoms with Gasteiger partial charge in [0.1, 0.15) is 0 Å². The van der Waals surface area contributed by atoms with Crippen LogP contribution in [0.1, 0.15) is 53.4 Å². The molecule has 104 valence electrons. The smallest absolute Gasteiger partial charge is 0.191 e. The van der Waals surface area contributed by atoms with E-state index >= 15 is 0 Å². The first-order valence-corrected chi connectivity index (χ1v) is 7.52. The van der Waals surface area contributed by atoms with Crippen LogP contribution < -0.4 is 5.73 Å². The van der Waals surface area contributed by atoms with Gasteiger partial charge in [-0.3, -0.25) is 4.99 Å². The molecule has 0 radical (unpaired) electrons. The molecule has 3 heteroatoms. The van der Waals surface area contributed by atoms with Gasteiger partial charge >= 0.3 is 0 Å². The Morgan fingerprint density at radius 2 is 1.89 bits per heavy atom. The van der Waals surface area contributed by atoms with Gasteiger partial charge in [0.15, 0.2) is 5.96 Å². The number of nitrogens with two attached hydrogens (primary N) is 1. The van der Waals surface area contributed by atoms with E-state index in [4.69, 9.17) is 5.73 Å². The minimum atomic E-state index is 0.264. The van der Waals surface area contributed by atoms with Crippen molar-refractivity contribution >= 4 is 5.96 Å². The maximum atomic E-state index is 6.10. The summed E-state index contributed by atoms with van der Waals surface area (Å²) in [6.07, 6.45) is 5.23. The molecule has 3 nitrogen and oxygen atoms in total. The van der Waals surface area contributed by atoms with E-state index in [9.17, 15) is 0 Å². The number of aliphatic imine (C=N–C) groups is 1. The molecule has 1 saturated carbocycles. The molecule has 1 spiro atoms. The van der Waals surface area contributed by atoms with Gasteiger partial charge in [-0.2, -0.15) is 0 Å². The Morgan fingerprint density at radius 3 is 2.39 bits per heavy atom. The summed E-state index contributed by atoms with van der Waals surface area (Å²) in [7, 11) is 0. The molecule has 18 heavy (non-hydrogen) atoms. The maximum Gasteiger partial charge on any atom is 0.191 e. The molecule has 0 amide bonds. The van der Waals surface area contributed by atoms with Gasteiger partial charge in [-0.15, -0.1) is 0 Å². The molecule has 2 aliphatic rings. The van der Waals surface area contributed by atoms with Crippen LogP contribution in [0.5, 0.6) is 0 Å². The van der Waals surface area contributed by atoms with Crippen molar-refractivity contribution in [3.8, 4) is 0 Å². The van der Waals surface area contributed by atoms with Gasteiger partial charge in [-0.1, -0.05) is 27.7 Å². The summed E-state index contributed by atoms with van der Waals surface area (Å²) < 4.78 is 0. The molecule has 2 rings (SSSR count). The first kappa shape index (κ1) is 13.7. The summed E-state index contributed by atoms with van der Waals surface area (Å²) in [4.78, 5) is 6.95. The molecule has 1 aliphatic heterocycles. The van der Waals surface area contributed by atoms with Gasteiger partial charge in [0.05, 0.1) is 12.1 Å². The Hall–Kier alpha value is -0.730. The molecule has 2 N–H and O–H groups in total. The zero-order valence-electron chi connectivity index (χ0n) is 12.4. The van der Waals surface area contributed by atoms with Crippen LogP contribution in [0, 0.1) is 17.8 Å². The van der Waals surface area contributed by atoms with Crippen molar-refractivity contribution in [2.24, 2.45) is 28.5 Å². The first-order valence-electron chi connectivity index (χ1n) is 7.52. The van der Waals surface area contributed by atoms with Crippen LogP contribution in [0.15, 0.2) is 4.99 Å². The number of hydrogen-bond donors (Lipinski definition) is 1. The predicted molar refractivity (Wildman–Crippen MR) is 77.6 cm³/mol. The topological polar surface area (TPSA) is 41.6 Å². The van der Waals surface area contributed by atoms with E-state index < -0.39 is 0 Å². The highest BCUT2D eigenvalue weighted by atomic mass is 15.4. The summed E-state index contributed by atoms with van der Waals surface area (Å²) >= 11 is 0. The highest BCUT2D eigenvalue weighted by molar-refractivity contribution is 5.81. The van der Waals surface area contributed by atoms with Crippen molar-refractivity contribution in [1.29, 1.82) is 0 Å². The molecule has 0 aromatic rings. The lowest BCUT2D eigenvalue weighted by Gasteiger charge is -2.45. The summed E-state index contributed by atoms with van der Waals surface area (Å²) in [6, 6.07) is 0. The van der Waals surface area contributed by atoms with Crippen molar-refractivity contribution in [2.75, 3.05) is 13.1 Å². The van der Waals surface area contributed by atoms with Crippen molar-refractivity contribution in [3.63, 3.8) is 0 Å². The van der Waals surface area contributed by atoms with Crippen molar-refractivity contribution in [3.05, 3.63) is 0 Å². The maximum absolute atomic E-state index is 6.10. The van der Waals surface area contributed by atoms with Gasteiger partial charge in [0.2, 0.25) is 0 Å². The van der Waals surface area contributed by atoms with Gasteiger partial charge in [-0.25, -0.2) is 0 Å². The van der Waals surface area contributed by atoms with E-state index in [1.165, 1.54) is 25.7 Å². The van der Waals surface area contributed by atoms with E-state index in [0.717, 1.165) is 30.9 Å².